The van der Waals surface area contributed by atoms with E-state index in [1.165, 1.54) is 0 Å². The van der Waals surface area contributed by atoms with Crippen molar-refractivity contribution >= 4 is 0 Å². The van der Waals surface area contributed by atoms with Crippen LogP contribution in [0.4, 0.5) is 0 Å². The molecule has 0 radical (unpaired) electrons. The molecule has 106 valence electrons. The maximum absolute atomic E-state index is 5.94. The molecule has 21 heavy (non-hydrogen) atoms. The Kier molecular flexibility index (Phi) is 3.65. The summed E-state index contributed by atoms with van der Waals surface area (Å²) in [7, 11) is 3.27. The Labute approximate surface area is 123 Å². The summed E-state index contributed by atoms with van der Waals surface area (Å²) in [5.74, 6) is 3.10. The first-order valence-electron chi connectivity index (χ1n) is 6.69. The van der Waals surface area contributed by atoms with E-state index < -0.39 is 0 Å². The van der Waals surface area contributed by atoms with Crippen LogP contribution < -0.4 is 9.47 Å². The highest BCUT2D eigenvalue weighted by atomic mass is 16.5. The van der Waals surface area contributed by atoms with E-state index in [1.807, 2.05) is 60.7 Å². The van der Waals surface area contributed by atoms with Gasteiger partial charge in [-0.1, -0.05) is 30.3 Å². The summed E-state index contributed by atoms with van der Waals surface area (Å²) in [5.41, 5.74) is 1.98. The van der Waals surface area contributed by atoms with E-state index in [2.05, 4.69) is 0 Å². The van der Waals surface area contributed by atoms with Crippen molar-refractivity contribution in [2.75, 3.05) is 14.2 Å². The lowest BCUT2D eigenvalue weighted by Gasteiger charge is -2.06. The molecule has 1 heterocycles. The molecule has 0 bridgehead atoms. The molecule has 3 heteroatoms. The molecule has 0 aliphatic carbocycles. The first-order chi connectivity index (χ1) is 10.3. The Bertz CT molecular complexity index is 707. The van der Waals surface area contributed by atoms with Gasteiger partial charge in [0.25, 0.3) is 0 Å². The largest absolute Gasteiger partial charge is 0.497 e. The van der Waals surface area contributed by atoms with Crippen molar-refractivity contribution in [2.24, 2.45) is 0 Å². The van der Waals surface area contributed by atoms with E-state index in [0.29, 0.717) is 0 Å². The fourth-order valence-electron chi connectivity index (χ4n) is 2.20. The smallest absolute Gasteiger partial charge is 0.135 e. The molecule has 0 N–H and O–H groups in total. The van der Waals surface area contributed by atoms with Gasteiger partial charge in [-0.15, -0.1) is 0 Å². The molecule has 2 aromatic carbocycles. The van der Waals surface area contributed by atoms with E-state index in [1.54, 1.807) is 14.2 Å². The van der Waals surface area contributed by atoms with E-state index in [4.69, 9.17) is 13.9 Å². The van der Waals surface area contributed by atoms with Gasteiger partial charge in [0.2, 0.25) is 0 Å². The molecule has 3 rings (SSSR count). The summed E-state index contributed by atoms with van der Waals surface area (Å²) in [4.78, 5) is 0. The fourth-order valence-corrected chi connectivity index (χ4v) is 2.20. The fraction of sp³-hybridized carbons (Fsp3) is 0.111. The van der Waals surface area contributed by atoms with E-state index in [9.17, 15) is 0 Å². The zero-order valence-corrected chi connectivity index (χ0v) is 12.0. The van der Waals surface area contributed by atoms with Crippen LogP contribution in [-0.4, -0.2) is 14.2 Å². The molecule has 1 aromatic heterocycles. The molecule has 0 aliphatic heterocycles. The number of ether oxygens (including phenoxy) is 2. The molecule has 3 nitrogen and oxygen atoms in total. The van der Waals surface area contributed by atoms with Gasteiger partial charge in [-0.25, -0.2) is 0 Å². The van der Waals surface area contributed by atoms with Crippen LogP contribution in [0.5, 0.6) is 11.5 Å². The van der Waals surface area contributed by atoms with Crippen LogP contribution >= 0.6 is 0 Å². The number of benzene rings is 2. The molecule has 0 saturated heterocycles. The van der Waals surface area contributed by atoms with Crippen molar-refractivity contribution in [2.45, 2.75) is 0 Å². The molecule has 0 atom stereocenters. The standard InChI is InChI=1S/C18H16O3/c1-19-15-10-14(11-16(12-15)20-2)18-9-8-17(21-18)13-6-4-3-5-7-13/h3-12H,1-2H3. The van der Waals surface area contributed by atoms with Gasteiger partial charge < -0.3 is 13.9 Å². The van der Waals surface area contributed by atoms with Gasteiger partial charge in [-0.2, -0.15) is 0 Å². The van der Waals surface area contributed by atoms with Crippen molar-refractivity contribution in [3.63, 3.8) is 0 Å². The highest BCUT2D eigenvalue weighted by Crippen LogP contribution is 2.33. The molecular formula is C18H16O3. The topological polar surface area (TPSA) is 31.6 Å². The first-order valence-corrected chi connectivity index (χ1v) is 6.69. The summed E-state index contributed by atoms with van der Waals surface area (Å²) in [5, 5.41) is 0. The van der Waals surface area contributed by atoms with Gasteiger partial charge in [0.05, 0.1) is 14.2 Å². The van der Waals surface area contributed by atoms with E-state index >= 15 is 0 Å². The average Bonchev–Trinajstić information content (AvgIpc) is 3.05. The third-order valence-corrected chi connectivity index (χ3v) is 3.30. The summed E-state index contributed by atoms with van der Waals surface area (Å²) in [6.45, 7) is 0. The number of furan rings is 1. The molecule has 3 aromatic rings. The highest BCUT2D eigenvalue weighted by Gasteiger charge is 2.09. The van der Waals surface area contributed by atoms with Crippen LogP contribution in [0.15, 0.2) is 65.1 Å². The lowest BCUT2D eigenvalue weighted by molar-refractivity contribution is 0.394. The molecule has 0 amide bonds. The number of hydrogen-bond donors (Lipinski definition) is 0. The summed E-state index contributed by atoms with van der Waals surface area (Å²) >= 11 is 0. The third kappa shape index (κ3) is 2.77. The van der Waals surface area contributed by atoms with Gasteiger partial charge in [0.1, 0.15) is 23.0 Å². The van der Waals surface area contributed by atoms with Crippen LogP contribution in [0, 0.1) is 0 Å². The molecule has 0 spiro atoms. The maximum Gasteiger partial charge on any atom is 0.135 e. The van der Waals surface area contributed by atoms with Crippen LogP contribution in [0.2, 0.25) is 0 Å². The molecule has 0 saturated carbocycles. The lowest BCUT2D eigenvalue weighted by Crippen LogP contribution is -1.88. The van der Waals surface area contributed by atoms with Crippen molar-refractivity contribution in [1.82, 2.24) is 0 Å². The summed E-state index contributed by atoms with van der Waals surface area (Å²) in [6.07, 6.45) is 0. The Hall–Kier alpha value is -2.68. The summed E-state index contributed by atoms with van der Waals surface area (Å²) in [6, 6.07) is 19.6. The quantitative estimate of drug-likeness (QED) is 0.698. The van der Waals surface area contributed by atoms with Gasteiger partial charge in [-0.3, -0.25) is 0 Å². The minimum absolute atomic E-state index is 0.738. The SMILES string of the molecule is COc1cc(OC)cc(-c2ccc(-c3ccccc3)o2)c1. The monoisotopic (exact) mass is 280 g/mol. The van der Waals surface area contributed by atoms with E-state index in [0.717, 1.165) is 34.1 Å². The van der Waals surface area contributed by atoms with E-state index in [-0.39, 0.29) is 0 Å². The van der Waals surface area contributed by atoms with Crippen LogP contribution in [-0.2, 0) is 0 Å². The Morgan fingerprint density at radius 1 is 0.667 bits per heavy atom. The van der Waals surface area contributed by atoms with Gasteiger partial charge in [-0.05, 0) is 24.3 Å². The normalized spacial score (nSPS) is 10.4. The van der Waals surface area contributed by atoms with Gasteiger partial charge >= 0.3 is 0 Å². The maximum atomic E-state index is 5.94. The van der Waals surface area contributed by atoms with Crippen molar-refractivity contribution in [1.29, 1.82) is 0 Å². The number of methoxy groups -OCH3 is 2. The zero-order chi connectivity index (χ0) is 14.7. The predicted octanol–water partition coefficient (Wildman–Crippen LogP) is 4.63. The van der Waals surface area contributed by atoms with Crippen LogP contribution in [0.1, 0.15) is 0 Å². The second kappa shape index (κ2) is 5.75. The van der Waals surface area contributed by atoms with Gasteiger partial charge in [0.15, 0.2) is 0 Å². The molecule has 0 aliphatic rings. The highest BCUT2D eigenvalue weighted by molar-refractivity contribution is 5.67. The molecular weight excluding hydrogens is 264 g/mol. The second-order valence-electron chi connectivity index (χ2n) is 4.63. The lowest BCUT2D eigenvalue weighted by atomic mass is 10.1. The molecule has 0 unspecified atom stereocenters. The Morgan fingerprint density at radius 3 is 1.81 bits per heavy atom. The van der Waals surface area contributed by atoms with Gasteiger partial charge in [0, 0.05) is 17.2 Å². The number of rotatable bonds is 4. The average molecular weight is 280 g/mol. The Morgan fingerprint density at radius 2 is 1.24 bits per heavy atom. The number of hydrogen-bond acceptors (Lipinski definition) is 3. The second-order valence-corrected chi connectivity index (χ2v) is 4.63. The third-order valence-electron chi connectivity index (χ3n) is 3.30. The predicted molar refractivity (Wildman–Crippen MR) is 82.7 cm³/mol. The zero-order valence-electron chi connectivity index (χ0n) is 12.0. The van der Waals surface area contributed by atoms with Crippen molar-refractivity contribution in [3.8, 4) is 34.1 Å². The Balaban J connectivity index is 2.00. The summed E-state index contributed by atoms with van der Waals surface area (Å²) < 4.78 is 16.5. The minimum Gasteiger partial charge on any atom is -0.497 e. The van der Waals surface area contributed by atoms with Crippen LogP contribution in [0.25, 0.3) is 22.6 Å². The molecule has 0 fully saturated rings. The van der Waals surface area contributed by atoms with Crippen molar-refractivity contribution in [3.05, 3.63) is 60.7 Å². The van der Waals surface area contributed by atoms with Crippen LogP contribution in [0.3, 0.4) is 0 Å². The first kappa shape index (κ1) is 13.3. The minimum atomic E-state index is 0.738. The van der Waals surface area contributed by atoms with Crippen molar-refractivity contribution < 1.29 is 13.9 Å².